The van der Waals surface area contributed by atoms with Crippen LogP contribution in [0.4, 0.5) is 0 Å². The molecule has 3 heteroatoms. The van der Waals surface area contributed by atoms with Gasteiger partial charge in [-0.15, -0.1) is 12.6 Å². The minimum absolute atomic E-state index is 0. The molecule has 1 heterocycles. The molecule has 1 aromatic carbocycles. The smallest absolute Gasteiger partial charge is 0.0835 e. The maximum Gasteiger partial charge on any atom is 0.0835 e. The minimum Gasteiger partial charge on any atom is -0.255 e. The van der Waals surface area contributed by atoms with Crippen LogP contribution in [-0.4, -0.2) is 4.98 Å². The largest absolute Gasteiger partial charge is 0.255 e. The minimum atomic E-state index is 0. The molecule has 1 nitrogen and oxygen atoms in total. The topological polar surface area (TPSA) is 12.9 Å². The van der Waals surface area contributed by atoms with Crippen molar-refractivity contribution in [3.8, 4) is 0 Å². The van der Waals surface area contributed by atoms with Crippen molar-refractivity contribution < 1.29 is 19.5 Å². The number of rotatable bonds is 0. The van der Waals surface area contributed by atoms with E-state index in [0.29, 0.717) is 0 Å². The van der Waals surface area contributed by atoms with E-state index < -0.39 is 0 Å². The monoisotopic (exact) mass is 225 g/mol. The van der Waals surface area contributed by atoms with Crippen LogP contribution >= 0.6 is 12.6 Å². The van der Waals surface area contributed by atoms with E-state index >= 15 is 0 Å². The van der Waals surface area contributed by atoms with Gasteiger partial charge in [-0.25, -0.2) is 0 Å². The molecule has 2 aromatic rings. The Bertz CT molecular complexity index is 384. The molecule has 2 rings (SSSR count). The predicted molar refractivity (Wildman–Crippen MR) is 49.0 cm³/mol. The van der Waals surface area contributed by atoms with E-state index in [1.165, 1.54) is 0 Å². The number of nitrogens with zero attached hydrogens (tertiary/aromatic N) is 1. The molecule has 56 valence electrons. The van der Waals surface area contributed by atoms with Crippen LogP contribution in [0.1, 0.15) is 0 Å². The molecule has 0 spiro atoms. The van der Waals surface area contributed by atoms with Gasteiger partial charge in [0.1, 0.15) is 0 Å². The van der Waals surface area contributed by atoms with E-state index in [4.69, 9.17) is 0 Å². The average molecular weight is 227 g/mol. The van der Waals surface area contributed by atoms with Gasteiger partial charge in [-0.1, -0.05) is 18.2 Å². The van der Waals surface area contributed by atoms with Crippen LogP contribution in [0.2, 0.25) is 0 Å². The van der Waals surface area contributed by atoms with Crippen molar-refractivity contribution in [1.29, 1.82) is 0 Å². The fourth-order valence-corrected chi connectivity index (χ4v) is 1.36. The summed E-state index contributed by atoms with van der Waals surface area (Å²) in [5.41, 5.74) is 0.971. The summed E-state index contributed by atoms with van der Waals surface area (Å²) in [7, 11) is 0. The van der Waals surface area contributed by atoms with Crippen LogP contribution < -0.4 is 0 Å². The van der Waals surface area contributed by atoms with Gasteiger partial charge in [0.25, 0.3) is 0 Å². The Morgan fingerprint density at radius 3 is 2.58 bits per heavy atom. The first-order chi connectivity index (χ1) is 5.38. The first-order valence-electron chi connectivity index (χ1n) is 3.40. The van der Waals surface area contributed by atoms with Gasteiger partial charge in [-0.05, 0) is 12.1 Å². The molecule has 12 heavy (non-hydrogen) atoms. The van der Waals surface area contributed by atoms with Gasteiger partial charge in [0.2, 0.25) is 0 Å². The van der Waals surface area contributed by atoms with E-state index in [1.807, 2.05) is 30.3 Å². The summed E-state index contributed by atoms with van der Waals surface area (Å²) in [6, 6.07) is 9.91. The molecule has 0 aliphatic heterocycles. The van der Waals surface area contributed by atoms with Crippen LogP contribution in [0.15, 0.2) is 41.4 Å². The maximum atomic E-state index is 4.29. The van der Waals surface area contributed by atoms with Crippen LogP contribution in [0.5, 0.6) is 0 Å². The van der Waals surface area contributed by atoms with Crippen LogP contribution in [0.25, 0.3) is 10.9 Å². The molecule has 0 fully saturated rings. The van der Waals surface area contributed by atoms with E-state index in [0.717, 1.165) is 15.8 Å². The van der Waals surface area contributed by atoms with Crippen LogP contribution in [0.3, 0.4) is 0 Å². The Labute approximate surface area is 89.4 Å². The van der Waals surface area contributed by atoms with Gasteiger partial charge >= 0.3 is 0 Å². The summed E-state index contributed by atoms with van der Waals surface area (Å²) < 4.78 is 0. The third kappa shape index (κ3) is 1.67. The van der Waals surface area contributed by atoms with Gasteiger partial charge in [0.05, 0.1) is 5.52 Å². The summed E-state index contributed by atoms with van der Waals surface area (Å²) in [5.74, 6) is 0. The molecule has 0 aliphatic carbocycles. The third-order valence-corrected chi connectivity index (χ3v) is 1.97. The zero-order valence-electron chi connectivity index (χ0n) is 6.57. The molecule has 0 amide bonds. The predicted octanol–water partition coefficient (Wildman–Crippen LogP) is 2.52. The molecule has 0 saturated heterocycles. The summed E-state index contributed by atoms with van der Waals surface area (Å²) in [6.45, 7) is 0. The molecule has 0 radical (unpaired) electrons. The first-order valence-corrected chi connectivity index (χ1v) is 3.85. The second-order valence-corrected chi connectivity index (χ2v) is 2.83. The Balaban J connectivity index is 0.000000720. The quantitative estimate of drug-likeness (QED) is 0.538. The number of fused-ring (bicyclic) bond motifs is 1. The molecular formula is C9H7NSZn. The zero-order valence-corrected chi connectivity index (χ0v) is 10.4. The Hall–Kier alpha value is -0.397. The Kier molecular flexibility index (Phi) is 3.24. The Morgan fingerprint density at radius 1 is 1.08 bits per heavy atom. The van der Waals surface area contributed by atoms with E-state index in [-0.39, 0.29) is 19.5 Å². The molecule has 0 aliphatic rings. The van der Waals surface area contributed by atoms with Crippen molar-refractivity contribution in [3.05, 3.63) is 36.5 Å². The van der Waals surface area contributed by atoms with E-state index in [1.54, 1.807) is 6.20 Å². The number of hydrogen-bond donors (Lipinski definition) is 1. The van der Waals surface area contributed by atoms with Gasteiger partial charge in [-0.2, -0.15) is 0 Å². The standard InChI is InChI=1S/C9H7NS.Zn/c11-8-5-1-3-7-4-2-6-10-9(7)8;/h1-6,11H;. The average Bonchev–Trinajstić information content (AvgIpc) is 2.06. The van der Waals surface area contributed by atoms with Gasteiger partial charge in [0.15, 0.2) is 0 Å². The van der Waals surface area contributed by atoms with Crippen molar-refractivity contribution in [2.45, 2.75) is 4.90 Å². The summed E-state index contributed by atoms with van der Waals surface area (Å²) >= 11 is 4.29. The van der Waals surface area contributed by atoms with Crippen molar-refractivity contribution in [3.63, 3.8) is 0 Å². The fourth-order valence-electron chi connectivity index (χ4n) is 1.09. The van der Waals surface area contributed by atoms with Gasteiger partial charge in [-0.3, -0.25) is 4.98 Å². The molecule has 0 bridgehead atoms. The van der Waals surface area contributed by atoms with Gasteiger partial charge in [0, 0.05) is 36.0 Å². The summed E-state index contributed by atoms with van der Waals surface area (Å²) in [5, 5.41) is 1.14. The fraction of sp³-hybridized carbons (Fsp3) is 0. The second-order valence-electron chi connectivity index (χ2n) is 2.35. The molecule has 0 unspecified atom stereocenters. The molecule has 1 aromatic heterocycles. The normalized spacial score (nSPS) is 9.42. The van der Waals surface area contributed by atoms with Crippen molar-refractivity contribution in [2.24, 2.45) is 0 Å². The molecule has 0 saturated carbocycles. The number of aromatic nitrogens is 1. The SMILES string of the molecule is Sc1cccc2cccnc12.[Zn]. The maximum absolute atomic E-state index is 4.29. The number of pyridine rings is 1. The van der Waals surface area contributed by atoms with Crippen LogP contribution in [-0.2, 0) is 19.5 Å². The van der Waals surface area contributed by atoms with E-state index in [2.05, 4.69) is 17.6 Å². The van der Waals surface area contributed by atoms with Gasteiger partial charge < -0.3 is 0 Å². The number of thiol groups is 1. The van der Waals surface area contributed by atoms with E-state index in [9.17, 15) is 0 Å². The zero-order chi connectivity index (χ0) is 7.68. The van der Waals surface area contributed by atoms with Crippen molar-refractivity contribution >= 4 is 23.5 Å². The molecule has 0 atom stereocenters. The van der Waals surface area contributed by atoms with Crippen molar-refractivity contribution in [2.75, 3.05) is 0 Å². The first kappa shape index (κ1) is 9.69. The van der Waals surface area contributed by atoms with Crippen LogP contribution in [0, 0.1) is 0 Å². The number of hydrogen-bond acceptors (Lipinski definition) is 2. The number of benzene rings is 1. The molecular weight excluding hydrogens is 220 g/mol. The molecule has 0 N–H and O–H groups in total. The number of para-hydroxylation sites is 1. The summed E-state index contributed by atoms with van der Waals surface area (Å²) in [4.78, 5) is 5.14. The Morgan fingerprint density at radius 2 is 1.83 bits per heavy atom. The summed E-state index contributed by atoms with van der Waals surface area (Å²) in [6.07, 6.45) is 1.78. The second kappa shape index (κ2) is 4.02. The van der Waals surface area contributed by atoms with Crippen molar-refractivity contribution in [1.82, 2.24) is 4.98 Å². The third-order valence-electron chi connectivity index (χ3n) is 1.61.